The minimum Gasteiger partial charge on any atom is -0.330 e. The molecule has 0 aliphatic heterocycles. The third-order valence-electron chi connectivity index (χ3n) is 1.78. The van der Waals surface area contributed by atoms with Gasteiger partial charge in [0.05, 0.1) is 0 Å². The molecule has 0 aliphatic rings. The van der Waals surface area contributed by atoms with Crippen molar-refractivity contribution in [2.75, 3.05) is 6.54 Å². The predicted octanol–water partition coefficient (Wildman–Crippen LogP) is 2.08. The average Bonchev–Trinajstić information content (AvgIpc) is 1.87. The molecule has 54 valence electrons. The van der Waals surface area contributed by atoms with Crippen molar-refractivity contribution >= 4 is 0 Å². The molecular weight excluding hydrogens is 110 g/mol. The van der Waals surface area contributed by atoms with Gasteiger partial charge in [-0.25, -0.2) is 0 Å². The second kappa shape index (κ2) is 4.57. The topological polar surface area (TPSA) is 26.0 Å². The molecule has 0 atom stereocenters. The van der Waals surface area contributed by atoms with Gasteiger partial charge in [-0.1, -0.05) is 18.1 Å². The molecule has 0 aromatic rings. The van der Waals surface area contributed by atoms with Crippen LogP contribution in [0, 0.1) is 0 Å². The van der Waals surface area contributed by atoms with E-state index in [1.807, 2.05) is 0 Å². The highest BCUT2D eigenvalue weighted by molar-refractivity contribution is 5.08. The first-order chi connectivity index (χ1) is 4.22. The highest BCUT2D eigenvalue weighted by atomic mass is 14.5. The fourth-order valence-electron chi connectivity index (χ4n) is 0.732. The zero-order valence-electron chi connectivity index (χ0n) is 6.70. The van der Waals surface area contributed by atoms with Crippen molar-refractivity contribution in [1.82, 2.24) is 0 Å². The number of hydrogen-bond acceptors (Lipinski definition) is 1. The lowest BCUT2D eigenvalue weighted by Gasteiger charge is -2.02. The van der Waals surface area contributed by atoms with E-state index in [0.29, 0.717) is 0 Å². The molecule has 1 nitrogen and oxygen atoms in total. The minimum atomic E-state index is 0.781. The van der Waals surface area contributed by atoms with Gasteiger partial charge in [0.15, 0.2) is 0 Å². The van der Waals surface area contributed by atoms with E-state index in [4.69, 9.17) is 5.73 Å². The Bertz CT molecular complexity index is 103. The number of rotatable bonds is 3. The highest BCUT2D eigenvalue weighted by Crippen LogP contribution is 2.09. The Morgan fingerprint density at radius 3 is 2.11 bits per heavy atom. The monoisotopic (exact) mass is 127 g/mol. The van der Waals surface area contributed by atoms with Crippen LogP contribution in [0.4, 0.5) is 0 Å². The minimum absolute atomic E-state index is 0.781. The molecule has 0 aromatic heterocycles. The second-order valence-electron chi connectivity index (χ2n) is 2.45. The lowest BCUT2D eigenvalue weighted by atomic mass is 10.1. The van der Waals surface area contributed by atoms with Gasteiger partial charge in [0, 0.05) is 0 Å². The van der Waals surface area contributed by atoms with E-state index < -0.39 is 0 Å². The van der Waals surface area contributed by atoms with E-state index in [1.165, 1.54) is 11.1 Å². The van der Waals surface area contributed by atoms with Crippen molar-refractivity contribution in [3.63, 3.8) is 0 Å². The first-order valence-electron chi connectivity index (χ1n) is 3.57. The molecule has 0 saturated heterocycles. The summed E-state index contributed by atoms with van der Waals surface area (Å²) < 4.78 is 0. The largest absolute Gasteiger partial charge is 0.330 e. The summed E-state index contributed by atoms with van der Waals surface area (Å²) in [7, 11) is 0. The average molecular weight is 127 g/mol. The molecule has 0 saturated carbocycles. The van der Waals surface area contributed by atoms with Crippen molar-refractivity contribution in [1.29, 1.82) is 0 Å². The Labute approximate surface area is 57.9 Å². The summed E-state index contributed by atoms with van der Waals surface area (Å²) in [6.07, 6.45) is 2.21. The Kier molecular flexibility index (Phi) is 4.41. The SMILES string of the molecule is CC/C(C)=C(/C)CCN. The molecule has 0 fully saturated rings. The Morgan fingerprint density at radius 2 is 1.78 bits per heavy atom. The lowest BCUT2D eigenvalue weighted by Crippen LogP contribution is -1.99. The fourth-order valence-corrected chi connectivity index (χ4v) is 0.732. The van der Waals surface area contributed by atoms with E-state index in [2.05, 4.69) is 20.8 Å². The summed E-state index contributed by atoms with van der Waals surface area (Å²) in [6, 6.07) is 0. The van der Waals surface area contributed by atoms with E-state index in [-0.39, 0.29) is 0 Å². The predicted molar refractivity (Wildman–Crippen MR) is 42.3 cm³/mol. The molecule has 0 unspecified atom stereocenters. The smallest absolute Gasteiger partial charge is 0.00400 e. The van der Waals surface area contributed by atoms with Crippen LogP contribution in [0.2, 0.25) is 0 Å². The van der Waals surface area contributed by atoms with E-state index >= 15 is 0 Å². The molecule has 0 bridgehead atoms. The van der Waals surface area contributed by atoms with Crippen LogP contribution in [0.15, 0.2) is 11.1 Å². The van der Waals surface area contributed by atoms with Gasteiger partial charge in [-0.2, -0.15) is 0 Å². The quantitative estimate of drug-likeness (QED) is 0.577. The molecule has 0 radical (unpaired) electrons. The van der Waals surface area contributed by atoms with Crippen LogP contribution < -0.4 is 5.73 Å². The molecule has 0 aromatic carbocycles. The zero-order valence-corrected chi connectivity index (χ0v) is 6.70. The van der Waals surface area contributed by atoms with Gasteiger partial charge in [0.25, 0.3) is 0 Å². The van der Waals surface area contributed by atoms with Gasteiger partial charge in [-0.15, -0.1) is 0 Å². The summed E-state index contributed by atoms with van der Waals surface area (Å²) >= 11 is 0. The molecule has 0 heterocycles. The maximum atomic E-state index is 5.39. The molecule has 0 rings (SSSR count). The van der Waals surface area contributed by atoms with E-state index in [9.17, 15) is 0 Å². The first kappa shape index (κ1) is 8.70. The normalized spacial score (nSPS) is 13.3. The summed E-state index contributed by atoms with van der Waals surface area (Å²) in [5.41, 5.74) is 8.33. The summed E-state index contributed by atoms with van der Waals surface area (Å²) in [5.74, 6) is 0. The van der Waals surface area contributed by atoms with Crippen LogP contribution in [-0.4, -0.2) is 6.54 Å². The maximum Gasteiger partial charge on any atom is -0.00400 e. The number of allylic oxidation sites excluding steroid dienone is 1. The van der Waals surface area contributed by atoms with Crippen LogP contribution in [0.5, 0.6) is 0 Å². The van der Waals surface area contributed by atoms with Crippen LogP contribution in [0.1, 0.15) is 33.6 Å². The molecule has 9 heavy (non-hydrogen) atoms. The van der Waals surface area contributed by atoms with E-state index in [1.54, 1.807) is 0 Å². The van der Waals surface area contributed by atoms with Crippen LogP contribution in [0.3, 0.4) is 0 Å². The van der Waals surface area contributed by atoms with Gasteiger partial charge in [0.2, 0.25) is 0 Å². The summed E-state index contributed by atoms with van der Waals surface area (Å²) in [5, 5.41) is 0. The number of hydrogen-bond donors (Lipinski definition) is 1. The van der Waals surface area contributed by atoms with E-state index in [0.717, 1.165) is 19.4 Å². The molecule has 2 N–H and O–H groups in total. The summed E-state index contributed by atoms with van der Waals surface area (Å²) in [4.78, 5) is 0. The Morgan fingerprint density at radius 1 is 1.22 bits per heavy atom. The number of nitrogens with two attached hydrogens (primary N) is 1. The van der Waals surface area contributed by atoms with Crippen molar-refractivity contribution < 1.29 is 0 Å². The maximum absolute atomic E-state index is 5.39. The first-order valence-corrected chi connectivity index (χ1v) is 3.57. The third-order valence-corrected chi connectivity index (χ3v) is 1.78. The van der Waals surface area contributed by atoms with Crippen molar-refractivity contribution in [3.05, 3.63) is 11.1 Å². The van der Waals surface area contributed by atoms with Gasteiger partial charge < -0.3 is 5.73 Å². The van der Waals surface area contributed by atoms with Gasteiger partial charge in [0.1, 0.15) is 0 Å². The van der Waals surface area contributed by atoms with Crippen molar-refractivity contribution in [2.24, 2.45) is 5.73 Å². The Hall–Kier alpha value is -0.300. The van der Waals surface area contributed by atoms with Crippen molar-refractivity contribution in [3.8, 4) is 0 Å². The zero-order chi connectivity index (χ0) is 7.28. The molecular formula is C8H17N. The lowest BCUT2D eigenvalue weighted by molar-refractivity contribution is 0.909. The molecule has 0 spiro atoms. The molecule has 0 aliphatic carbocycles. The van der Waals surface area contributed by atoms with Gasteiger partial charge in [-0.05, 0) is 33.2 Å². The standard InChI is InChI=1S/C8H17N/c1-4-7(2)8(3)5-6-9/h4-6,9H2,1-3H3/b8-7-. The van der Waals surface area contributed by atoms with Crippen LogP contribution >= 0.6 is 0 Å². The molecule has 0 amide bonds. The Balaban J connectivity index is 3.78. The highest BCUT2D eigenvalue weighted by Gasteiger charge is 1.91. The second-order valence-corrected chi connectivity index (χ2v) is 2.45. The third kappa shape index (κ3) is 3.31. The van der Waals surface area contributed by atoms with Gasteiger partial charge >= 0.3 is 0 Å². The summed E-state index contributed by atoms with van der Waals surface area (Å²) in [6.45, 7) is 7.29. The van der Waals surface area contributed by atoms with Crippen LogP contribution in [0.25, 0.3) is 0 Å². The molecule has 1 heteroatoms. The van der Waals surface area contributed by atoms with Crippen LogP contribution in [-0.2, 0) is 0 Å². The van der Waals surface area contributed by atoms with Crippen molar-refractivity contribution in [2.45, 2.75) is 33.6 Å². The van der Waals surface area contributed by atoms with Gasteiger partial charge in [-0.3, -0.25) is 0 Å². The fraction of sp³-hybridized carbons (Fsp3) is 0.750.